The lowest BCUT2D eigenvalue weighted by atomic mass is 9.91. The zero-order chi connectivity index (χ0) is 13.7. The molecule has 1 amide bonds. The number of likely N-dealkylation sites (tertiary alicyclic amines) is 1. The van der Waals surface area contributed by atoms with Gasteiger partial charge in [-0.25, -0.2) is 0 Å². The van der Waals surface area contributed by atoms with Gasteiger partial charge in [0.25, 0.3) is 0 Å². The van der Waals surface area contributed by atoms with Gasteiger partial charge in [-0.15, -0.1) is 0 Å². The Kier molecular flexibility index (Phi) is 3.16. The van der Waals surface area contributed by atoms with Crippen molar-refractivity contribution in [2.45, 2.75) is 46.6 Å². The number of amides is 1. The number of hydrogen-bond acceptors (Lipinski definition) is 2. The fraction of sp³-hybridized carbons (Fsp3) is 0.857. The third kappa shape index (κ3) is 1.91. The average molecular weight is 253 g/mol. The summed E-state index contributed by atoms with van der Waals surface area (Å²) in [5.41, 5.74) is -0.386. The number of nitrogens with zero attached hydrogens (tertiary/aromatic N) is 1. The summed E-state index contributed by atoms with van der Waals surface area (Å²) in [4.78, 5) is 25.6. The van der Waals surface area contributed by atoms with Crippen LogP contribution >= 0.6 is 0 Å². The van der Waals surface area contributed by atoms with Gasteiger partial charge < -0.3 is 10.0 Å². The van der Waals surface area contributed by atoms with Crippen LogP contribution in [0, 0.1) is 23.2 Å². The number of aliphatic carboxylic acids is 1. The minimum atomic E-state index is -0.837. The van der Waals surface area contributed by atoms with Gasteiger partial charge >= 0.3 is 5.97 Å². The maximum atomic E-state index is 12.5. The van der Waals surface area contributed by atoms with E-state index in [9.17, 15) is 9.59 Å². The molecule has 0 radical (unpaired) electrons. The van der Waals surface area contributed by atoms with Gasteiger partial charge in [-0.05, 0) is 31.1 Å². The normalized spacial score (nSPS) is 38.3. The molecule has 2 aliphatic rings. The van der Waals surface area contributed by atoms with E-state index in [0.717, 1.165) is 19.4 Å². The first-order valence-electron chi connectivity index (χ1n) is 6.81. The molecular weight excluding hydrogens is 230 g/mol. The van der Waals surface area contributed by atoms with Gasteiger partial charge in [-0.2, -0.15) is 0 Å². The van der Waals surface area contributed by atoms with Gasteiger partial charge in [0.1, 0.15) is 0 Å². The molecule has 1 saturated heterocycles. The molecule has 0 aromatic heterocycles. The molecule has 0 bridgehead atoms. The fourth-order valence-corrected chi connectivity index (χ4v) is 3.38. The number of carboxylic acids is 1. The van der Waals surface area contributed by atoms with Gasteiger partial charge in [0.05, 0.1) is 11.8 Å². The van der Waals surface area contributed by atoms with Crippen LogP contribution in [0.15, 0.2) is 0 Å². The zero-order valence-corrected chi connectivity index (χ0v) is 11.6. The number of piperidine rings is 1. The maximum absolute atomic E-state index is 12.5. The van der Waals surface area contributed by atoms with Crippen LogP contribution < -0.4 is 0 Å². The molecule has 4 unspecified atom stereocenters. The largest absolute Gasteiger partial charge is 0.481 e. The summed E-state index contributed by atoms with van der Waals surface area (Å²) in [6.07, 6.45) is 2.18. The second-order valence-corrected chi connectivity index (χ2v) is 6.51. The van der Waals surface area contributed by atoms with Crippen molar-refractivity contribution in [2.75, 3.05) is 6.54 Å². The highest BCUT2D eigenvalue weighted by Gasteiger charge is 2.66. The third-order valence-electron chi connectivity index (χ3n) is 5.02. The van der Waals surface area contributed by atoms with Crippen molar-refractivity contribution in [1.82, 2.24) is 4.90 Å². The molecule has 102 valence electrons. The first kappa shape index (κ1) is 13.4. The predicted octanol–water partition coefficient (Wildman–Crippen LogP) is 1.99. The zero-order valence-electron chi connectivity index (χ0n) is 11.6. The van der Waals surface area contributed by atoms with E-state index in [1.54, 1.807) is 0 Å². The van der Waals surface area contributed by atoms with Crippen molar-refractivity contribution in [3.05, 3.63) is 0 Å². The van der Waals surface area contributed by atoms with E-state index in [1.807, 2.05) is 18.7 Å². The molecule has 4 nitrogen and oxygen atoms in total. The Bertz CT molecular complexity index is 377. The second kappa shape index (κ2) is 4.25. The van der Waals surface area contributed by atoms with Crippen molar-refractivity contribution < 1.29 is 14.7 Å². The number of carbonyl (C=O) groups is 2. The summed E-state index contributed by atoms with van der Waals surface area (Å²) in [6.45, 7) is 8.78. The first-order valence-corrected chi connectivity index (χ1v) is 6.81. The van der Waals surface area contributed by atoms with Crippen LogP contribution in [0.1, 0.15) is 40.5 Å². The second-order valence-electron chi connectivity index (χ2n) is 6.51. The highest BCUT2D eigenvalue weighted by Crippen LogP contribution is 2.59. The van der Waals surface area contributed by atoms with E-state index < -0.39 is 11.9 Å². The van der Waals surface area contributed by atoms with Crippen LogP contribution in [-0.2, 0) is 9.59 Å². The standard InChI is InChI=1S/C14H23NO3/c1-8-6-5-7-15(9(8)2)12(16)10-11(13(17)18)14(10,3)4/h8-11H,5-7H2,1-4H3,(H,17,18). The van der Waals surface area contributed by atoms with Crippen LogP contribution in [0.3, 0.4) is 0 Å². The van der Waals surface area contributed by atoms with Crippen molar-refractivity contribution in [3.8, 4) is 0 Å². The molecular formula is C14H23NO3. The lowest BCUT2D eigenvalue weighted by Crippen LogP contribution is -2.47. The fourth-order valence-electron chi connectivity index (χ4n) is 3.38. The lowest BCUT2D eigenvalue weighted by Gasteiger charge is -2.38. The summed E-state index contributed by atoms with van der Waals surface area (Å²) in [6, 6.07) is 0.233. The van der Waals surface area contributed by atoms with E-state index in [2.05, 4.69) is 13.8 Å². The topological polar surface area (TPSA) is 57.6 Å². The van der Waals surface area contributed by atoms with Crippen LogP contribution in [0.5, 0.6) is 0 Å². The van der Waals surface area contributed by atoms with Crippen molar-refractivity contribution >= 4 is 11.9 Å². The molecule has 2 fully saturated rings. The maximum Gasteiger partial charge on any atom is 0.307 e. The minimum Gasteiger partial charge on any atom is -0.481 e. The van der Waals surface area contributed by atoms with E-state index in [-0.39, 0.29) is 23.3 Å². The Hall–Kier alpha value is -1.06. The SMILES string of the molecule is CC1CCCN(C(=O)C2C(C(=O)O)C2(C)C)C1C. The summed E-state index contributed by atoms with van der Waals surface area (Å²) in [5.74, 6) is -1.12. The molecule has 0 spiro atoms. The van der Waals surface area contributed by atoms with Crippen LogP contribution in [-0.4, -0.2) is 34.5 Å². The molecule has 2 rings (SSSR count). The Morgan fingerprint density at radius 3 is 2.33 bits per heavy atom. The summed E-state index contributed by atoms with van der Waals surface area (Å²) >= 11 is 0. The van der Waals surface area contributed by atoms with Gasteiger partial charge in [-0.1, -0.05) is 20.8 Å². The molecule has 1 aliphatic carbocycles. The van der Waals surface area contributed by atoms with Gasteiger partial charge in [0, 0.05) is 12.6 Å². The van der Waals surface area contributed by atoms with E-state index >= 15 is 0 Å². The van der Waals surface area contributed by atoms with E-state index in [1.165, 1.54) is 0 Å². The number of hydrogen-bond donors (Lipinski definition) is 1. The highest BCUT2D eigenvalue weighted by molar-refractivity contribution is 5.91. The van der Waals surface area contributed by atoms with E-state index in [4.69, 9.17) is 5.11 Å². The molecule has 4 atom stereocenters. The van der Waals surface area contributed by atoms with Crippen LogP contribution in [0.4, 0.5) is 0 Å². The number of rotatable bonds is 2. The Morgan fingerprint density at radius 2 is 1.83 bits per heavy atom. The van der Waals surface area contributed by atoms with Crippen molar-refractivity contribution in [1.29, 1.82) is 0 Å². The molecule has 0 aromatic carbocycles. The Labute approximate surface area is 108 Å². The molecule has 1 aliphatic heterocycles. The summed E-state index contributed by atoms with van der Waals surface area (Å²) < 4.78 is 0. The highest BCUT2D eigenvalue weighted by atomic mass is 16.4. The van der Waals surface area contributed by atoms with Gasteiger partial charge in [0.2, 0.25) is 5.91 Å². The lowest BCUT2D eigenvalue weighted by molar-refractivity contribution is -0.143. The Morgan fingerprint density at radius 1 is 1.22 bits per heavy atom. The molecule has 18 heavy (non-hydrogen) atoms. The third-order valence-corrected chi connectivity index (χ3v) is 5.02. The minimum absolute atomic E-state index is 0.0476. The smallest absolute Gasteiger partial charge is 0.307 e. The number of carbonyl (C=O) groups excluding carboxylic acids is 1. The molecule has 1 heterocycles. The van der Waals surface area contributed by atoms with Crippen LogP contribution in [0.25, 0.3) is 0 Å². The van der Waals surface area contributed by atoms with Crippen molar-refractivity contribution in [3.63, 3.8) is 0 Å². The van der Waals surface area contributed by atoms with Crippen molar-refractivity contribution in [2.24, 2.45) is 23.2 Å². The first-order chi connectivity index (χ1) is 8.28. The quantitative estimate of drug-likeness (QED) is 0.818. The number of carboxylic acid groups (broad SMARTS) is 1. The summed E-state index contributed by atoms with van der Waals surface area (Å²) in [7, 11) is 0. The van der Waals surface area contributed by atoms with Gasteiger partial charge in [-0.3, -0.25) is 9.59 Å². The molecule has 0 aromatic rings. The predicted molar refractivity (Wildman–Crippen MR) is 68.0 cm³/mol. The van der Waals surface area contributed by atoms with Crippen LogP contribution in [0.2, 0.25) is 0 Å². The molecule has 4 heteroatoms. The van der Waals surface area contributed by atoms with Gasteiger partial charge in [0.15, 0.2) is 0 Å². The average Bonchev–Trinajstić information content (AvgIpc) is 2.85. The molecule has 1 N–H and O–H groups in total. The summed E-state index contributed by atoms with van der Waals surface area (Å²) in [5, 5.41) is 9.15. The Balaban J connectivity index is 2.11. The monoisotopic (exact) mass is 253 g/mol. The van der Waals surface area contributed by atoms with E-state index in [0.29, 0.717) is 5.92 Å². The molecule has 1 saturated carbocycles.